The minimum Gasteiger partial charge on any atom is -0.371 e. The lowest BCUT2D eigenvalue weighted by atomic mass is 10.0. The van der Waals surface area contributed by atoms with Gasteiger partial charge in [-0.3, -0.25) is 19.8 Å². The maximum absolute atomic E-state index is 12.2. The standard InChI is InChI=1S/C17H18ClN3O2S/c1-20-16(23)13(15(22)19-17(20)24)10-11-3-4-14-12(9-11)5-8-21(14)7-2-6-18/h3-4,9-10H,2,5-8H2,1H3,(H,19,22,24). The maximum Gasteiger partial charge on any atom is 0.265 e. The SMILES string of the molecule is CN1C(=O)C(=Cc2ccc3c(c2)CCN3CCCCl)C(=O)NC1=S. The topological polar surface area (TPSA) is 52.7 Å². The number of halogens is 1. The molecule has 2 aliphatic heterocycles. The Labute approximate surface area is 151 Å². The summed E-state index contributed by atoms with van der Waals surface area (Å²) < 4.78 is 0. The third-order valence-electron chi connectivity index (χ3n) is 4.27. The van der Waals surface area contributed by atoms with E-state index in [4.69, 9.17) is 23.8 Å². The Morgan fingerprint density at radius 3 is 2.92 bits per heavy atom. The van der Waals surface area contributed by atoms with Crippen LogP contribution in [-0.2, 0) is 16.0 Å². The van der Waals surface area contributed by atoms with Gasteiger partial charge in [0.2, 0.25) is 0 Å². The highest BCUT2D eigenvalue weighted by Crippen LogP contribution is 2.29. The number of fused-ring (bicyclic) bond motifs is 1. The van der Waals surface area contributed by atoms with E-state index in [1.54, 1.807) is 13.1 Å². The Kier molecular flexibility index (Phi) is 4.87. The number of carbonyl (C=O) groups is 2. The van der Waals surface area contributed by atoms with E-state index < -0.39 is 5.91 Å². The summed E-state index contributed by atoms with van der Waals surface area (Å²) in [5.74, 6) is -0.178. The number of thiocarbonyl (C=S) groups is 1. The number of likely N-dealkylation sites (N-methyl/N-ethyl adjacent to an activating group) is 1. The van der Waals surface area contributed by atoms with Gasteiger partial charge in [0.05, 0.1) is 0 Å². The molecule has 1 aromatic carbocycles. The smallest absolute Gasteiger partial charge is 0.265 e. The van der Waals surface area contributed by atoms with Gasteiger partial charge in [-0.15, -0.1) is 11.6 Å². The van der Waals surface area contributed by atoms with E-state index in [1.807, 2.05) is 18.2 Å². The molecule has 0 atom stereocenters. The summed E-state index contributed by atoms with van der Waals surface area (Å²) in [6, 6.07) is 6.01. The molecular weight excluding hydrogens is 346 g/mol. The average molecular weight is 364 g/mol. The van der Waals surface area contributed by atoms with E-state index in [0.29, 0.717) is 5.88 Å². The van der Waals surface area contributed by atoms with Crippen LogP contribution in [0.4, 0.5) is 5.69 Å². The minimum absolute atomic E-state index is 0.100. The molecule has 1 N–H and O–H groups in total. The lowest BCUT2D eigenvalue weighted by Crippen LogP contribution is -2.52. The summed E-state index contributed by atoms with van der Waals surface area (Å²) in [5.41, 5.74) is 3.38. The van der Waals surface area contributed by atoms with Gasteiger partial charge in [-0.2, -0.15) is 0 Å². The van der Waals surface area contributed by atoms with E-state index in [1.165, 1.54) is 16.2 Å². The second-order valence-corrected chi connectivity index (χ2v) is 6.61. The molecule has 24 heavy (non-hydrogen) atoms. The van der Waals surface area contributed by atoms with Crippen molar-refractivity contribution in [3.8, 4) is 0 Å². The molecule has 0 spiro atoms. The summed E-state index contributed by atoms with van der Waals surface area (Å²) in [6.07, 6.45) is 3.53. The number of hydrogen-bond donors (Lipinski definition) is 1. The molecule has 2 amide bonds. The highest BCUT2D eigenvalue weighted by molar-refractivity contribution is 7.80. The third-order valence-corrected chi connectivity index (χ3v) is 4.92. The second kappa shape index (κ2) is 6.91. The summed E-state index contributed by atoms with van der Waals surface area (Å²) in [6.45, 7) is 1.92. The number of hydrogen-bond acceptors (Lipinski definition) is 4. The van der Waals surface area contributed by atoms with Gasteiger partial charge < -0.3 is 4.90 Å². The van der Waals surface area contributed by atoms with Crippen molar-refractivity contribution in [2.45, 2.75) is 12.8 Å². The largest absolute Gasteiger partial charge is 0.371 e. The Bertz CT molecular complexity index is 747. The summed E-state index contributed by atoms with van der Waals surface area (Å²) in [7, 11) is 1.55. The fourth-order valence-electron chi connectivity index (χ4n) is 2.97. The Balaban J connectivity index is 1.85. The first kappa shape index (κ1) is 16.9. The first-order chi connectivity index (χ1) is 11.5. The molecule has 0 saturated carbocycles. The van der Waals surface area contributed by atoms with Crippen molar-refractivity contribution in [3.05, 3.63) is 34.9 Å². The van der Waals surface area contributed by atoms with Gasteiger partial charge >= 0.3 is 0 Å². The number of rotatable bonds is 4. The van der Waals surface area contributed by atoms with Crippen molar-refractivity contribution in [1.29, 1.82) is 0 Å². The van der Waals surface area contributed by atoms with Crippen LogP contribution in [0.3, 0.4) is 0 Å². The Morgan fingerprint density at radius 1 is 1.38 bits per heavy atom. The van der Waals surface area contributed by atoms with Gasteiger partial charge in [0.1, 0.15) is 5.57 Å². The highest BCUT2D eigenvalue weighted by atomic mass is 35.5. The number of anilines is 1. The Morgan fingerprint density at radius 2 is 2.17 bits per heavy atom. The predicted octanol–water partition coefficient (Wildman–Crippen LogP) is 1.93. The van der Waals surface area contributed by atoms with Crippen LogP contribution in [0.5, 0.6) is 0 Å². The lowest BCUT2D eigenvalue weighted by molar-refractivity contribution is -0.128. The van der Waals surface area contributed by atoms with Crippen LogP contribution < -0.4 is 10.2 Å². The number of nitrogens with one attached hydrogen (secondary N) is 1. The van der Waals surface area contributed by atoms with E-state index in [2.05, 4.69) is 10.2 Å². The molecule has 1 fully saturated rings. The Hall–Kier alpha value is -1.92. The fraction of sp³-hybridized carbons (Fsp3) is 0.353. The molecule has 7 heteroatoms. The molecule has 0 unspecified atom stereocenters. The van der Waals surface area contributed by atoms with Crippen molar-refractivity contribution in [2.24, 2.45) is 0 Å². The summed E-state index contributed by atoms with van der Waals surface area (Å²) in [4.78, 5) is 27.9. The van der Waals surface area contributed by atoms with Gasteiger partial charge in [0, 0.05) is 31.7 Å². The average Bonchev–Trinajstić information content (AvgIpc) is 2.97. The molecule has 126 valence electrons. The van der Waals surface area contributed by atoms with Gasteiger partial charge in [-0.1, -0.05) is 6.07 Å². The van der Waals surface area contributed by atoms with Gasteiger partial charge in [0.25, 0.3) is 11.8 Å². The number of alkyl halides is 1. The van der Waals surface area contributed by atoms with E-state index >= 15 is 0 Å². The zero-order valence-corrected chi connectivity index (χ0v) is 14.9. The zero-order chi connectivity index (χ0) is 17.3. The van der Waals surface area contributed by atoms with Crippen molar-refractivity contribution in [2.75, 3.05) is 30.9 Å². The minimum atomic E-state index is -0.452. The molecule has 5 nitrogen and oxygen atoms in total. The fourth-order valence-corrected chi connectivity index (χ4v) is 3.27. The summed E-state index contributed by atoms with van der Waals surface area (Å²) in [5, 5.41) is 2.65. The molecule has 1 aromatic rings. The van der Waals surface area contributed by atoms with Crippen LogP contribution in [0, 0.1) is 0 Å². The van der Waals surface area contributed by atoms with Crippen molar-refractivity contribution >= 4 is 52.5 Å². The number of carbonyl (C=O) groups excluding carboxylic acids is 2. The normalized spacial score (nSPS) is 19.1. The predicted molar refractivity (Wildman–Crippen MR) is 99.2 cm³/mol. The van der Waals surface area contributed by atoms with E-state index in [-0.39, 0.29) is 16.6 Å². The van der Waals surface area contributed by atoms with Crippen molar-refractivity contribution in [1.82, 2.24) is 10.2 Å². The lowest BCUT2D eigenvalue weighted by Gasteiger charge is -2.25. The monoisotopic (exact) mass is 363 g/mol. The number of amides is 2. The van der Waals surface area contributed by atoms with Crippen molar-refractivity contribution < 1.29 is 9.59 Å². The van der Waals surface area contributed by atoms with Crippen LogP contribution in [-0.4, -0.2) is 47.8 Å². The van der Waals surface area contributed by atoms with Crippen LogP contribution in [0.1, 0.15) is 17.5 Å². The molecular formula is C17H18ClN3O2S. The number of benzene rings is 1. The van der Waals surface area contributed by atoms with Gasteiger partial charge in [-0.25, -0.2) is 0 Å². The van der Waals surface area contributed by atoms with Crippen molar-refractivity contribution in [3.63, 3.8) is 0 Å². The quantitative estimate of drug-likeness (QED) is 0.384. The van der Waals surface area contributed by atoms with E-state index in [9.17, 15) is 9.59 Å². The summed E-state index contributed by atoms with van der Waals surface area (Å²) >= 11 is 10.7. The molecule has 2 heterocycles. The third kappa shape index (κ3) is 3.16. The van der Waals surface area contributed by atoms with Crippen LogP contribution in [0.25, 0.3) is 6.08 Å². The molecule has 0 bridgehead atoms. The van der Waals surface area contributed by atoms with Crippen LogP contribution in [0.15, 0.2) is 23.8 Å². The molecule has 2 aliphatic rings. The van der Waals surface area contributed by atoms with Crippen LogP contribution >= 0.6 is 23.8 Å². The van der Waals surface area contributed by atoms with Crippen LogP contribution in [0.2, 0.25) is 0 Å². The van der Waals surface area contributed by atoms with Gasteiger partial charge in [-0.05, 0) is 54.4 Å². The molecule has 0 aliphatic carbocycles. The molecule has 3 rings (SSSR count). The first-order valence-electron chi connectivity index (χ1n) is 7.80. The molecule has 0 radical (unpaired) electrons. The zero-order valence-electron chi connectivity index (χ0n) is 13.3. The first-order valence-corrected chi connectivity index (χ1v) is 8.74. The highest BCUT2D eigenvalue weighted by Gasteiger charge is 2.30. The molecule has 0 aromatic heterocycles. The maximum atomic E-state index is 12.2. The second-order valence-electron chi connectivity index (χ2n) is 5.85. The number of nitrogens with zero attached hydrogens (tertiary/aromatic N) is 2. The van der Waals surface area contributed by atoms with Gasteiger partial charge in [0.15, 0.2) is 5.11 Å². The molecule has 1 saturated heterocycles. The van der Waals surface area contributed by atoms with E-state index in [0.717, 1.165) is 31.5 Å².